The van der Waals surface area contributed by atoms with E-state index in [0.29, 0.717) is 25.7 Å². The topological polar surface area (TPSA) is 329 Å². The molecular weight excluding hydrogens is 1380 g/mol. The quantitative estimate of drug-likeness (QED) is 0.0540. The van der Waals surface area contributed by atoms with Gasteiger partial charge in [-0.1, -0.05) is 87.1 Å². The fourth-order valence-corrected chi connectivity index (χ4v) is 15.4. The van der Waals surface area contributed by atoms with Crippen molar-refractivity contribution in [2.75, 3.05) is 34.2 Å². The first kappa shape index (κ1) is 84.5. The minimum absolute atomic E-state index is 0.00138. The Morgan fingerprint density at radius 2 is 0.852 bits per heavy atom. The third-order valence-electron chi connectivity index (χ3n) is 21.9. The summed E-state index contributed by atoms with van der Waals surface area (Å²) in [6.07, 6.45) is 11.2. The van der Waals surface area contributed by atoms with Gasteiger partial charge in [0.1, 0.15) is 47.0 Å². The number of carbonyl (C=O) groups excluding carboxylic acids is 11. The lowest BCUT2D eigenvalue weighted by Crippen LogP contribution is -2.59. The highest BCUT2D eigenvalue weighted by molar-refractivity contribution is 6.00. The van der Waals surface area contributed by atoms with Gasteiger partial charge >= 0.3 is 24.2 Å². The zero-order chi connectivity index (χ0) is 79.3. The number of Topliss-reactive ketones (excluding diaryl/α,β-unsaturated/α-hetero) is 1. The van der Waals surface area contributed by atoms with Crippen molar-refractivity contribution >= 4 is 71.4 Å². The number of ether oxygens (including phenoxy) is 3. The maximum atomic E-state index is 15.3. The molecule has 592 valence electrons. The summed E-state index contributed by atoms with van der Waals surface area (Å²) >= 11 is 0. The molecule has 4 fully saturated rings. The van der Waals surface area contributed by atoms with Gasteiger partial charge in [-0.2, -0.15) is 0 Å². The molecule has 0 unspecified atom stereocenters. The van der Waals surface area contributed by atoms with Crippen molar-refractivity contribution < 1.29 is 76.9 Å². The molecule has 2 aliphatic heterocycles. The normalized spacial score (nSPS) is 21.7. The van der Waals surface area contributed by atoms with Crippen molar-refractivity contribution in [2.24, 2.45) is 17.8 Å². The third kappa shape index (κ3) is 22.8. The van der Waals surface area contributed by atoms with E-state index >= 15 is 9.59 Å². The van der Waals surface area contributed by atoms with Crippen LogP contribution < -0.4 is 26.6 Å². The molecule has 10 amide bonds. The number of hydrogen-bond acceptors (Lipinski definition) is 15. The van der Waals surface area contributed by atoms with Crippen LogP contribution in [0.1, 0.15) is 247 Å². The van der Waals surface area contributed by atoms with Crippen LogP contribution >= 0.6 is 0 Å². The van der Waals surface area contributed by atoms with Gasteiger partial charge in [0.2, 0.25) is 29.5 Å². The van der Waals surface area contributed by atoms with Gasteiger partial charge in [-0.3, -0.25) is 48.2 Å². The maximum absolute atomic E-state index is 15.3. The number of nitrogens with one attached hydrogen (secondary N) is 5. The molecule has 26 heteroatoms. The SMILES string of the molecule is C[C@@H](C(=O)C[C@H](C(=O)N1C[C@@H](NC(=O)c2ccc(C(=O)N[C@H]3C[C@@H](C(=O)N[C@@H]4CCCc5ccccc54)N(C(=O)[C@@H](NC(=O)[C@H](C)N(C)C(=O)OC(C)(C)C)C4CCCCC4)C3)cc2)C[C@H]1C(=O)N[C@@H]1CCCc2ccccc21)C1CCCCC1)N(C)C(=O)OC(C)(C)C.C[C@@H](C(=O)O)N(C)C(=O)OC(C)(C)C. The van der Waals surface area contributed by atoms with Crippen LogP contribution in [0, 0.1) is 17.8 Å². The van der Waals surface area contributed by atoms with Crippen molar-refractivity contribution in [1.29, 1.82) is 0 Å². The summed E-state index contributed by atoms with van der Waals surface area (Å²) in [5, 5.41) is 24.3. The third-order valence-corrected chi connectivity index (χ3v) is 21.9. The van der Waals surface area contributed by atoms with Crippen LogP contribution in [0.5, 0.6) is 0 Å². The average molecular weight is 1500 g/mol. The van der Waals surface area contributed by atoms with E-state index in [1.54, 1.807) is 81.1 Å². The van der Waals surface area contributed by atoms with E-state index in [0.717, 1.165) is 104 Å². The molecule has 2 saturated carbocycles. The maximum Gasteiger partial charge on any atom is 0.410 e. The number of fused-ring (bicyclic) bond motifs is 2. The Bertz CT molecular complexity index is 3510. The monoisotopic (exact) mass is 1500 g/mol. The number of hydrogen-bond donors (Lipinski definition) is 6. The van der Waals surface area contributed by atoms with E-state index in [1.807, 2.05) is 36.4 Å². The summed E-state index contributed by atoms with van der Waals surface area (Å²) in [5.41, 5.74) is 2.57. The number of aryl methyl sites for hydroxylation is 2. The predicted molar refractivity (Wildman–Crippen MR) is 406 cm³/mol. The molecule has 108 heavy (non-hydrogen) atoms. The minimum Gasteiger partial charge on any atom is -0.480 e. The van der Waals surface area contributed by atoms with Gasteiger partial charge in [0.25, 0.3) is 11.8 Å². The summed E-state index contributed by atoms with van der Waals surface area (Å²) in [7, 11) is 4.38. The Balaban J connectivity index is 0.000000949. The minimum atomic E-state index is -1.06. The largest absolute Gasteiger partial charge is 0.480 e. The standard InChI is InChI=1S/C73H101N9O12.C9H17NO4/c1-44(79(9)70(91)93-72(3,4)5)61(83)41-56(48-23-13-11-14-24-48)68(89)81-42-52(39-59(81)66(87)76-57-33-21-29-46-25-17-19-31-54(46)57)74-64(85)50-35-37-51(38-36-50)65(86)75-53-40-60(67(88)77-58-34-22-30-47-26-18-20-32-55(47)58)82(43-53)69(90)62(49-27-15-12-16-28-49)78-63(84)45(2)80(10)71(92)94-73(6,7)8;1-6(7(11)12)10(5)8(13)14-9(2,3)4/h17-20,25-26,31-32,35-38,44-45,48-49,52-53,56-60,62H,11-16,21-24,27-30,33-34,39-43H2,1-10H3,(H,74,85)(H,75,86)(H,76,87)(H,77,88)(H,78,84);6H,1-5H3,(H,11,12)/t44-,45-,52-,53-,56-,57+,58+,59-,60-,62-;6-/m00/s1. The summed E-state index contributed by atoms with van der Waals surface area (Å²) < 4.78 is 16.1. The molecule has 0 aromatic heterocycles. The fourth-order valence-electron chi connectivity index (χ4n) is 15.4. The summed E-state index contributed by atoms with van der Waals surface area (Å²) in [6.45, 7) is 20.2. The van der Waals surface area contributed by atoms with Gasteiger partial charge in [-0.25, -0.2) is 19.2 Å². The number of benzene rings is 3. The number of ketones is 1. The first-order valence-corrected chi connectivity index (χ1v) is 38.8. The average Bonchev–Trinajstić information content (AvgIpc) is 1.61. The molecule has 9 rings (SSSR count). The van der Waals surface area contributed by atoms with E-state index in [9.17, 15) is 47.9 Å². The van der Waals surface area contributed by atoms with Crippen LogP contribution in [0.15, 0.2) is 72.8 Å². The van der Waals surface area contributed by atoms with E-state index in [4.69, 9.17) is 19.3 Å². The van der Waals surface area contributed by atoms with Crippen LogP contribution in [0.4, 0.5) is 14.4 Å². The van der Waals surface area contributed by atoms with Crippen LogP contribution in [-0.2, 0) is 60.6 Å². The van der Waals surface area contributed by atoms with E-state index in [1.165, 1.54) is 67.0 Å². The second-order valence-electron chi connectivity index (χ2n) is 33.4. The number of amides is 10. The Morgan fingerprint density at radius 1 is 0.472 bits per heavy atom. The molecule has 11 atom stereocenters. The van der Waals surface area contributed by atoms with Crippen molar-refractivity contribution in [3.8, 4) is 0 Å². The van der Waals surface area contributed by atoms with Gasteiger partial charge in [-0.05, 0) is 218 Å². The number of carboxylic acids is 1. The fraction of sp³-hybridized carbons (Fsp3) is 0.634. The summed E-state index contributed by atoms with van der Waals surface area (Å²) in [5.74, 6) is -5.59. The smallest absolute Gasteiger partial charge is 0.410 e. The molecule has 6 aliphatic rings. The Labute approximate surface area is 636 Å². The lowest BCUT2D eigenvalue weighted by molar-refractivity contribution is -0.145. The van der Waals surface area contributed by atoms with Crippen molar-refractivity contribution in [1.82, 2.24) is 51.1 Å². The van der Waals surface area contributed by atoms with Gasteiger partial charge in [-0.15, -0.1) is 0 Å². The number of likely N-dealkylation sites (tertiary alicyclic amines) is 2. The Kier molecular flexibility index (Phi) is 28.9. The van der Waals surface area contributed by atoms with Gasteiger partial charge in [0.15, 0.2) is 5.78 Å². The zero-order valence-electron chi connectivity index (χ0n) is 66.1. The first-order valence-electron chi connectivity index (χ1n) is 38.8. The number of rotatable bonds is 21. The predicted octanol–water partition coefficient (Wildman–Crippen LogP) is 10.5. The molecule has 0 bridgehead atoms. The van der Waals surface area contributed by atoms with Crippen molar-refractivity contribution in [3.05, 3.63) is 106 Å². The second-order valence-corrected chi connectivity index (χ2v) is 33.4. The molecule has 0 spiro atoms. The number of carboxylic acid groups (broad SMARTS) is 1. The lowest BCUT2D eigenvalue weighted by atomic mass is 9.76. The lowest BCUT2D eigenvalue weighted by Gasteiger charge is -2.36. The number of nitrogens with zero attached hydrogens (tertiary/aromatic N) is 5. The van der Waals surface area contributed by atoms with Crippen molar-refractivity contribution in [3.63, 3.8) is 0 Å². The highest BCUT2D eigenvalue weighted by Gasteiger charge is 2.48. The molecule has 26 nitrogen and oxygen atoms in total. The molecule has 3 aromatic rings. The number of carbonyl (C=O) groups is 12. The van der Waals surface area contributed by atoms with E-state index in [-0.39, 0.29) is 90.9 Å². The van der Waals surface area contributed by atoms with Crippen LogP contribution in [0.2, 0.25) is 0 Å². The van der Waals surface area contributed by atoms with E-state index in [2.05, 4.69) is 38.7 Å². The molecule has 2 saturated heterocycles. The highest BCUT2D eigenvalue weighted by atomic mass is 16.6. The van der Waals surface area contributed by atoms with E-state index < -0.39 is 119 Å². The Hall–Kier alpha value is -9.10. The van der Waals surface area contributed by atoms with Crippen molar-refractivity contribution in [2.45, 2.75) is 282 Å². The number of aliphatic carboxylic acids is 1. The molecule has 6 N–H and O–H groups in total. The summed E-state index contributed by atoms with van der Waals surface area (Å²) in [6, 6.07) is 14.3. The number of likely N-dealkylation sites (N-methyl/N-ethyl adjacent to an activating group) is 3. The van der Waals surface area contributed by atoms with Gasteiger partial charge < -0.3 is 60.6 Å². The highest BCUT2D eigenvalue weighted by Crippen LogP contribution is 2.38. The Morgan fingerprint density at radius 3 is 1.26 bits per heavy atom. The zero-order valence-corrected chi connectivity index (χ0v) is 66.1. The van der Waals surface area contributed by atoms with Crippen LogP contribution in [0.25, 0.3) is 0 Å². The van der Waals surface area contributed by atoms with Crippen LogP contribution in [0.3, 0.4) is 0 Å². The molecule has 4 aliphatic carbocycles. The molecule has 2 heterocycles. The molecule has 0 radical (unpaired) electrons. The van der Waals surface area contributed by atoms with Gasteiger partial charge in [0, 0.05) is 69.8 Å². The second kappa shape index (κ2) is 36.9. The first-order chi connectivity index (χ1) is 50.8. The van der Waals surface area contributed by atoms with Gasteiger partial charge in [0.05, 0.1) is 18.1 Å². The van der Waals surface area contributed by atoms with Crippen LogP contribution in [-0.4, -0.2) is 200 Å². The summed E-state index contributed by atoms with van der Waals surface area (Å²) in [4.78, 5) is 172. The molecular formula is C82H118N10O16. The molecule has 3 aromatic carbocycles.